The summed E-state index contributed by atoms with van der Waals surface area (Å²) < 4.78 is 21.3. The lowest BCUT2D eigenvalue weighted by atomic mass is 9.96. The second-order valence-electron chi connectivity index (χ2n) is 12.5. The summed E-state index contributed by atoms with van der Waals surface area (Å²) in [7, 11) is 0. The van der Waals surface area contributed by atoms with E-state index in [1.807, 2.05) is 0 Å². The van der Waals surface area contributed by atoms with Crippen LogP contribution in [0.25, 0.3) is 0 Å². The van der Waals surface area contributed by atoms with Gasteiger partial charge in [0.25, 0.3) is 0 Å². The van der Waals surface area contributed by atoms with Crippen LogP contribution in [0.2, 0.25) is 0 Å². The standard InChI is InChI=1S/C35H35NO14.2H3N/c1-34(2,16-46-29(41)21-7-5-20(6-8-21)27(37)38)17-47-30(42)22-9-11-23(12-10-22)31(43)48-18-35(3,4)19-49-33(45)25-14-13-24(32(44)50-36)15-26(25)28(39)40;;/h5-15H,16-19,36H2,1-4H3,(H,37,38)(H,39,40);2*1H3. The molecule has 10 N–H and O–H groups in total. The minimum atomic E-state index is -1.48. The third-order valence-corrected chi connectivity index (χ3v) is 6.90. The number of benzene rings is 3. The van der Waals surface area contributed by atoms with Gasteiger partial charge in [0, 0.05) is 10.8 Å². The summed E-state index contributed by atoms with van der Waals surface area (Å²) >= 11 is 0. The van der Waals surface area contributed by atoms with Gasteiger partial charge in [0.15, 0.2) is 0 Å². The van der Waals surface area contributed by atoms with Crippen molar-refractivity contribution in [1.29, 1.82) is 0 Å². The zero-order chi connectivity index (χ0) is 37.2. The third kappa shape index (κ3) is 12.3. The average molecular weight is 728 g/mol. The van der Waals surface area contributed by atoms with Gasteiger partial charge in [-0.15, -0.1) is 0 Å². The smallest absolute Gasteiger partial charge is 0.356 e. The van der Waals surface area contributed by atoms with Crippen molar-refractivity contribution in [3.05, 3.63) is 106 Å². The van der Waals surface area contributed by atoms with Crippen molar-refractivity contribution in [1.82, 2.24) is 12.3 Å². The second-order valence-corrected chi connectivity index (χ2v) is 12.5. The first-order valence-corrected chi connectivity index (χ1v) is 14.8. The molecule has 0 aliphatic heterocycles. The molecule has 3 rings (SSSR count). The van der Waals surface area contributed by atoms with Crippen LogP contribution in [-0.2, 0) is 23.8 Å². The molecule has 17 heteroatoms. The van der Waals surface area contributed by atoms with Crippen LogP contribution in [0.3, 0.4) is 0 Å². The van der Waals surface area contributed by atoms with Crippen molar-refractivity contribution in [2.45, 2.75) is 27.7 Å². The number of aromatic carboxylic acids is 2. The molecule has 0 aliphatic carbocycles. The van der Waals surface area contributed by atoms with Crippen molar-refractivity contribution in [2.24, 2.45) is 16.7 Å². The number of carbonyl (C=O) groups is 7. The summed E-state index contributed by atoms with van der Waals surface area (Å²) in [6.07, 6.45) is 0. The van der Waals surface area contributed by atoms with Crippen LogP contribution in [-0.4, -0.2) is 73.3 Å². The Labute approximate surface area is 298 Å². The summed E-state index contributed by atoms with van der Waals surface area (Å²) in [5.74, 6) is -2.11. The second kappa shape index (κ2) is 18.7. The number of ether oxygens (including phenoxy) is 4. The Bertz CT molecular complexity index is 1790. The molecule has 0 bridgehead atoms. The molecule has 3 aromatic carbocycles. The summed E-state index contributed by atoms with van der Waals surface area (Å²) in [4.78, 5) is 88.4. The van der Waals surface area contributed by atoms with Gasteiger partial charge in [0.05, 0.1) is 65.8 Å². The molecule has 0 aromatic heterocycles. The molecule has 0 unspecified atom stereocenters. The fraction of sp³-hybridized carbons (Fsp3) is 0.286. The molecule has 0 saturated carbocycles. The molecule has 0 heterocycles. The predicted octanol–water partition coefficient (Wildman–Crippen LogP) is 3.40. The van der Waals surface area contributed by atoms with E-state index in [4.69, 9.17) is 24.8 Å². The van der Waals surface area contributed by atoms with Gasteiger partial charge in [0.2, 0.25) is 0 Å². The maximum Gasteiger partial charge on any atom is 0.356 e. The van der Waals surface area contributed by atoms with Gasteiger partial charge in [-0.3, -0.25) is 0 Å². The van der Waals surface area contributed by atoms with Gasteiger partial charge in [-0.05, 0) is 60.2 Å². The summed E-state index contributed by atoms with van der Waals surface area (Å²) in [5.41, 5.74) is -2.34. The minimum Gasteiger partial charge on any atom is -0.545 e. The lowest BCUT2D eigenvalue weighted by Gasteiger charge is -2.24. The maximum atomic E-state index is 12.7. The number of carbonyl (C=O) groups excluding carboxylic acids is 6. The fourth-order valence-electron chi connectivity index (χ4n) is 4.03. The van der Waals surface area contributed by atoms with E-state index < -0.39 is 58.2 Å². The van der Waals surface area contributed by atoms with E-state index in [9.17, 15) is 43.8 Å². The van der Waals surface area contributed by atoms with Gasteiger partial charge >= 0.3 is 35.8 Å². The van der Waals surface area contributed by atoms with Crippen LogP contribution in [0.4, 0.5) is 0 Å². The van der Waals surface area contributed by atoms with E-state index in [-0.39, 0.29) is 72.1 Å². The molecule has 0 fully saturated rings. The number of esters is 4. The van der Waals surface area contributed by atoms with Gasteiger partial charge < -0.3 is 51.1 Å². The molecule has 0 amide bonds. The highest BCUT2D eigenvalue weighted by Gasteiger charge is 2.27. The van der Waals surface area contributed by atoms with Crippen molar-refractivity contribution in [3.63, 3.8) is 0 Å². The normalized spacial score (nSPS) is 10.7. The van der Waals surface area contributed by atoms with Gasteiger partial charge in [0.1, 0.15) is 0 Å². The molecular formula is C35H41N3O14. The van der Waals surface area contributed by atoms with Crippen molar-refractivity contribution in [3.8, 4) is 0 Å². The lowest BCUT2D eigenvalue weighted by Crippen LogP contribution is -2.29. The van der Waals surface area contributed by atoms with Gasteiger partial charge in [-0.2, -0.15) is 5.90 Å². The molecule has 280 valence electrons. The Morgan fingerprint density at radius 2 is 0.885 bits per heavy atom. The predicted molar refractivity (Wildman–Crippen MR) is 180 cm³/mol. The molecule has 0 spiro atoms. The van der Waals surface area contributed by atoms with Crippen LogP contribution in [0.15, 0.2) is 66.7 Å². The van der Waals surface area contributed by atoms with E-state index in [0.29, 0.717) is 0 Å². The topological polar surface area (TPSA) is 306 Å². The maximum absolute atomic E-state index is 12.7. The number of carboxylic acids is 2. The Balaban J connectivity index is 0.00000676. The SMILES string of the molecule is CC(C)(COC(=O)c1ccc(C(=O)[O-])cc1)COC(=O)c1ccc(C(=O)OCC(C)(C)COC(=O)c2ccc(C(=O)ON)cc2C(=O)O)cc1.N.[NH4+]. The monoisotopic (exact) mass is 727 g/mol. The Morgan fingerprint density at radius 1 is 0.558 bits per heavy atom. The molecule has 0 radical (unpaired) electrons. The molecular weight excluding hydrogens is 686 g/mol. The first kappa shape index (κ1) is 43.9. The van der Waals surface area contributed by atoms with Crippen molar-refractivity contribution < 1.29 is 67.6 Å². The highest BCUT2D eigenvalue weighted by atomic mass is 16.7. The number of hydrogen-bond acceptors (Lipinski definition) is 15. The number of nitrogens with two attached hydrogens (primary N) is 1. The molecule has 3 aromatic rings. The van der Waals surface area contributed by atoms with Gasteiger partial charge in [-0.1, -0.05) is 39.8 Å². The first-order valence-electron chi connectivity index (χ1n) is 14.8. The zero-order valence-electron chi connectivity index (χ0n) is 29.2. The van der Waals surface area contributed by atoms with Crippen LogP contribution in [0, 0.1) is 10.8 Å². The van der Waals surface area contributed by atoms with E-state index in [1.54, 1.807) is 27.7 Å². The van der Waals surface area contributed by atoms with Crippen LogP contribution >= 0.6 is 0 Å². The molecule has 52 heavy (non-hydrogen) atoms. The van der Waals surface area contributed by atoms with E-state index in [0.717, 1.165) is 18.2 Å². The Morgan fingerprint density at radius 3 is 1.21 bits per heavy atom. The zero-order valence-corrected chi connectivity index (χ0v) is 29.2. The van der Waals surface area contributed by atoms with Gasteiger partial charge in [-0.25, -0.2) is 28.8 Å². The lowest BCUT2D eigenvalue weighted by molar-refractivity contribution is -0.255. The molecule has 0 aliphatic rings. The fourth-order valence-corrected chi connectivity index (χ4v) is 4.03. The van der Waals surface area contributed by atoms with Crippen LogP contribution in [0.1, 0.15) is 100 Å². The number of quaternary nitrogens is 1. The molecule has 0 saturated heterocycles. The summed E-state index contributed by atoms with van der Waals surface area (Å²) in [5, 5.41) is 20.3. The quantitative estimate of drug-likeness (QED) is 0.0990. The van der Waals surface area contributed by atoms with Crippen molar-refractivity contribution in [2.75, 3.05) is 26.4 Å². The summed E-state index contributed by atoms with van der Waals surface area (Å²) in [6, 6.07) is 13.7. The number of hydrogen-bond donors (Lipinski definition) is 4. The minimum absolute atomic E-state index is 0. The van der Waals surface area contributed by atoms with Crippen LogP contribution in [0.5, 0.6) is 0 Å². The summed E-state index contributed by atoms with van der Waals surface area (Å²) in [6.45, 7) is 6.03. The average Bonchev–Trinajstić information content (AvgIpc) is 3.10. The van der Waals surface area contributed by atoms with Crippen molar-refractivity contribution >= 4 is 41.8 Å². The Kier molecular flexibility index (Phi) is 15.8. The largest absolute Gasteiger partial charge is 0.545 e. The number of carboxylic acid groups (broad SMARTS) is 2. The molecule has 17 nitrogen and oxygen atoms in total. The highest BCUT2D eigenvalue weighted by Crippen LogP contribution is 2.22. The third-order valence-electron chi connectivity index (χ3n) is 6.90. The van der Waals surface area contributed by atoms with Crippen LogP contribution < -0.4 is 23.3 Å². The highest BCUT2D eigenvalue weighted by molar-refractivity contribution is 6.04. The van der Waals surface area contributed by atoms with E-state index in [2.05, 4.69) is 4.84 Å². The first-order chi connectivity index (χ1) is 23.4. The molecule has 0 atom stereocenters. The van der Waals surface area contributed by atoms with E-state index in [1.165, 1.54) is 48.5 Å². The Hall–Kier alpha value is -6.17. The number of rotatable bonds is 15. The van der Waals surface area contributed by atoms with E-state index >= 15 is 0 Å².